The summed E-state index contributed by atoms with van der Waals surface area (Å²) in [6.45, 7) is 0.311. The molecule has 0 spiro atoms. The van der Waals surface area contributed by atoms with Gasteiger partial charge in [-0.1, -0.05) is 36.4 Å². The van der Waals surface area contributed by atoms with Crippen LogP contribution >= 0.6 is 0 Å². The van der Waals surface area contributed by atoms with Crippen LogP contribution < -0.4 is 10.2 Å². The van der Waals surface area contributed by atoms with Gasteiger partial charge in [-0.3, -0.25) is 10.1 Å². The molecule has 0 aliphatic carbocycles. The highest BCUT2D eigenvalue weighted by molar-refractivity contribution is 5.77. The molecule has 0 saturated carbocycles. The molecule has 0 fully saturated rings. The Morgan fingerprint density at radius 1 is 0.935 bits per heavy atom. The number of hydrogen-bond donors (Lipinski definition) is 1. The first-order valence-electron chi connectivity index (χ1n) is 9.36. The van der Waals surface area contributed by atoms with E-state index >= 15 is 0 Å². The number of nitrogens with one attached hydrogen (secondary N) is 1. The molecule has 0 amide bonds. The number of nitro groups is 1. The average Bonchev–Trinajstić information content (AvgIpc) is 2.80. The molecule has 0 bridgehead atoms. The van der Waals surface area contributed by atoms with Crippen molar-refractivity contribution in [2.75, 3.05) is 10.2 Å². The lowest BCUT2D eigenvalue weighted by Gasteiger charge is -2.23. The summed E-state index contributed by atoms with van der Waals surface area (Å²) < 4.78 is 13.2. The van der Waals surface area contributed by atoms with Crippen LogP contribution in [0.4, 0.5) is 33.2 Å². The maximum Gasteiger partial charge on any atom is 0.354 e. The Morgan fingerprint density at radius 3 is 2.35 bits per heavy atom. The Kier molecular flexibility index (Phi) is 5.75. The second-order valence-electron chi connectivity index (χ2n) is 6.54. The van der Waals surface area contributed by atoms with Gasteiger partial charge < -0.3 is 10.2 Å². The molecule has 9 heteroatoms. The molecule has 154 valence electrons. The number of halogens is 1. The van der Waals surface area contributed by atoms with Crippen molar-refractivity contribution in [2.45, 2.75) is 6.54 Å². The van der Waals surface area contributed by atoms with Crippen molar-refractivity contribution in [2.24, 2.45) is 0 Å². The SMILES string of the molecule is O=[N+]([O-])c1c(Nc2ccc(F)cc2)ncnc1N(Cc1ccccc1)c1ccccn1. The minimum Gasteiger partial charge on any atom is -0.334 e. The summed E-state index contributed by atoms with van der Waals surface area (Å²) in [5, 5.41) is 14.9. The summed E-state index contributed by atoms with van der Waals surface area (Å²) in [6, 6.07) is 20.3. The molecular weight excluding hydrogens is 399 g/mol. The first kappa shape index (κ1) is 19.9. The van der Waals surface area contributed by atoms with Gasteiger partial charge in [0.2, 0.25) is 11.6 Å². The van der Waals surface area contributed by atoms with Crippen LogP contribution in [0.3, 0.4) is 0 Å². The van der Waals surface area contributed by atoms with Gasteiger partial charge in [-0.15, -0.1) is 0 Å². The van der Waals surface area contributed by atoms with Gasteiger partial charge in [0, 0.05) is 11.9 Å². The van der Waals surface area contributed by atoms with E-state index in [2.05, 4.69) is 20.3 Å². The Morgan fingerprint density at radius 2 is 1.68 bits per heavy atom. The van der Waals surface area contributed by atoms with Crippen LogP contribution in [0.2, 0.25) is 0 Å². The number of aromatic nitrogens is 3. The predicted molar refractivity (Wildman–Crippen MR) is 115 cm³/mol. The summed E-state index contributed by atoms with van der Waals surface area (Å²) >= 11 is 0. The van der Waals surface area contributed by atoms with Crippen LogP contribution in [0.1, 0.15) is 5.56 Å². The minimum atomic E-state index is -0.540. The predicted octanol–water partition coefficient (Wildman–Crippen LogP) is 5.00. The minimum absolute atomic E-state index is 0.00407. The fourth-order valence-corrected chi connectivity index (χ4v) is 3.04. The van der Waals surface area contributed by atoms with Gasteiger partial charge in [-0.25, -0.2) is 19.3 Å². The molecule has 2 aromatic heterocycles. The maximum absolute atomic E-state index is 13.2. The molecule has 31 heavy (non-hydrogen) atoms. The van der Waals surface area contributed by atoms with Crippen molar-refractivity contribution in [1.29, 1.82) is 0 Å². The molecular formula is C22H17FN6O2. The lowest BCUT2D eigenvalue weighted by Crippen LogP contribution is -2.21. The van der Waals surface area contributed by atoms with Gasteiger partial charge >= 0.3 is 5.69 Å². The monoisotopic (exact) mass is 416 g/mol. The van der Waals surface area contributed by atoms with Crippen molar-refractivity contribution in [1.82, 2.24) is 15.0 Å². The van der Waals surface area contributed by atoms with Crippen LogP contribution in [-0.2, 0) is 6.54 Å². The molecule has 0 aliphatic heterocycles. The van der Waals surface area contributed by atoms with E-state index in [4.69, 9.17) is 0 Å². The summed E-state index contributed by atoms with van der Waals surface area (Å²) in [7, 11) is 0. The molecule has 2 heterocycles. The van der Waals surface area contributed by atoms with Gasteiger partial charge in [-0.2, -0.15) is 0 Å². The van der Waals surface area contributed by atoms with Gasteiger partial charge in [0.25, 0.3) is 0 Å². The van der Waals surface area contributed by atoms with Gasteiger partial charge in [0.1, 0.15) is 18.0 Å². The number of anilines is 4. The van der Waals surface area contributed by atoms with Crippen molar-refractivity contribution < 1.29 is 9.31 Å². The van der Waals surface area contributed by atoms with Crippen LogP contribution in [0.15, 0.2) is 85.3 Å². The van der Waals surface area contributed by atoms with E-state index in [0.717, 1.165) is 5.56 Å². The highest BCUT2D eigenvalue weighted by atomic mass is 19.1. The van der Waals surface area contributed by atoms with Gasteiger partial charge in [0.05, 0.1) is 11.5 Å². The standard InChI is InChI=1S/C22H17FN6O2/c23-17-9-11-18(12-10-17)27-21-20(29(30)31)22(26-15-25-21)28(19-8-4-5-13-24-19)14-16-6-2-1-3-7-16/h1-13,15H,14H2,(H,25,26,27). The van der Waals surface area contributed by atoms with Gasteiger partial charge in [-0.05, 0) is 42.0 Å². The topological polar surface area (TPSA) is 97.1 Å². The second-order valence-corrected chi connectivity index (χ2v) is 6.54. The van der Waals surface area contributed by atoms with E-state index in [0.29, 0.717) is 18.1 Å². The maximum atomic E-state index is 13.2. The Bertz CT molecular complexity index is 1170. The van der Waals surface area contributed by atoms with E-state index in [-0.39, 0.29) is 17.3 Å². The smallest absolute Gasteiger partial charge is 0.334 e. The quantitative estimate of drug-likeness (QED) is 0.334. The van der Waals surface area contributed by atoms with E-state index in [1.807, 2.05) is 30.3 Å². The molecule has 1 N–H and O–H groups in total. The molecule has 0 aliphatic rings. The zero-order valence-electron chi connectivity index (χ0n) is 16.2. The fourth-order valence-electron chi connectivity index (χ4n) is 3.04. The summed E-state index contributed by atoms with van der Waals surface area (Å²) in [5.41, 5.74) is 1.07. The van der Waals surface area contributed by atoms with Crippen molar-refractivity contribution in [3.8, 4) is 0 Å². The normalized spacial score (nSPS) is 10.5. The van der Waals surface area contributed by atoms with Crippen molar-refractivity contribution in [3.05, 3.63) is 107 Å². The lowest BCUT2D eigenvalue weighted by atomic mass is 10.2. The highest BCUT2D eigenvalue weighted by Gasteiger charge is 2.28. The molecule has 2 aromatic carbocycles. The number of nitrogens with zero attached hydrogens (tertiary/aromatic N) is 5. The molecule has 0 unspecified atom stereocenters. The van der Waals surface area contributed by atoms with Crippen molar-refractivity contribution in [3.63, 3.8) is 0 Å². The van der Waals surface area contributed by atoms with E-state index in [9.17, 15) is 14.5 Å². The molecule has 4 rings (SSSR count). The third kappa shape index (κ3) is 4.61. The van der Waals surface area contributed by atoms with Gasteiger partial charge in [0.15, 0.2) is 0 Å². The molecule has 0 saturated heterocycles. The molecule has 0 radical (unpaired) electrons. The highest BCUT2D eigenvalue weighted by Crippen LogP contribution is 2.37. The summed E-state index contributed by atoms with van der Waals surface area (Å²) in [5.74, 6) is 0.177. The van der Waals surface area contributed by atoms with E-state index < -0.39 is 10.7 Å². The van der Waals surface area contributed by atoms with Crippen molar-refractivity contribution >= 4 is 28.8 Å². The Hall–Kier alpha value is -4.40. The molecule has 4 aromatic rings. The van der Waals surface area contributed by atoms with E-state index in [1.54, 1.807) is 29.3 Å². The number of benzene rings is 2. The van der Waals surface area contributed by atoms with E-state index in [1.165, 1.54) is 30.6 Å². The zero-order valence-corrected chi connectivity index (χ0v) is 16.2. The van der Waals surface area contributed by atoms with Crippen LogP contribution in [0.25, 0.3) is 0 Å². The fraction of sp³-hybridized carbons (Fsp3) is 0.0455. The largest absolute Gasteiger partial charge is 0.354 e. The average molecular weight is 416 g/mol. The first-order chi connectivity index (χ1) is 15.1. The first-order valence-corrected chi connectivity index (χ1v) is 9.36. The lowest BCUT2D eigenvalue weighted by molar-refractivity contribution is -0.383. The molecule has 0 atom stereocenters. The van der Waals surface area contributed by atoms with Crippen LogP contribution in [-0.4, -0.2) is 19.9 Å². The summed E-state index contributed by atoms with van der Waals surface area (Å²) in [6.07, 6.45) is 2.85. The second kappa shape index (κ2) is 8.95. The Balaban J connectivity index is 1.80. The van der Waals surface area contributed by atoms with Crippen LogP contribution in [0.5, 0.6) is 0 Å². The number of rotatable bonds is 7. The third-order valence-electron chi connectivity index (χ3n) is 4.46. The van der Waals surface area contributed by atoms with Crippen LogP contribution in [0, 0.1) is 15.9 Å². The zero-order chi connectivity index (χ0) is 21.6. The number of hydrogen-bond acceptors (Lipinski definition) is 7. The Labute approximate surface area is 177 Å². The number of pyridine rings is 1. The summed E-state index contributed by atoms with van der Waals surface area (Å²) in [4.78, 5) is 25.8. The third-order valence-corrected chi connectivity index (χ3v) is 4.46. The molecule has 8 nitrogen and oxygen atoms in total.